The Balaban J connectivity index is 2.15. The molecular formula is C15H11N3O2. The van der Waals surface area contributed by atoms with Gasteiger partial charge in [0.25, 0.3) is 0 Å². The topological polar surface area (TPSA) is 75.1 Å². The molecule has 3 rings (SSSR count). The van der Waals surface area contributed by atoms with Crippen LogP contribution in [-0.2, 0) is 0 Å². The fourth-order valence-electron chi connectivity index (χ4n) is 1.93. The summed E-state index contributed by atoms with van der Waals surface area (Å²) in [6.07, 6.45) is 0. The number of hydrogen-bond acceptors (Lipinski definition) is 4. The Morgan fingerprint density at radius 1 is 0.950 bits per heavy atom. The molecule has 0 spiro atoms. The SMILES string of the molecule is O=C(O)c1nc(Nc2ccccc2)c2ccccc2n1. The van der Waals surface area contributed by atoms with Gasteiger partial charge in [0.2, 0.25) is 5.82 Å². The molecule has 1 heterocycles. The molecule has 98 valence electrons. The number of nitrogens with one attached hydrogen (secondary N) is 1. The quantitative estimate of drug-likeness (QED) is 0.761. The second kappa shape index (κ2) is 4.97. The van der Waals surface area contributed by atoms with Gasteiger partial charge in [-0.3, -0.25) is 0 Å². The van der Waals surface area contributed by atoms with E-state index in [1.54, 1.807) is 6.07 Å². The number of nitrogens with zero attached hydrogens (tertiary/aromatic N) is 2. The van der Waals surface area contributed by atoms with Crippen molar-refractivity contribution in [2.75, 3.05) is 5.32 Å². The van der Waals surface area contributed by atoms with Crippen LogP contribution in [0.4, 0.5) is 11.5 Å². The van der Waals surface area contributed by atoms with E-state index < -0.39 is 5.97 Å². The van der Waals surface area contributed by atoms with Crippen molar-refractivity contribution >= 4 is 28.4 Å². The van der Waals surface area contributed by atoms with E-state index in [1.165, 1.54) is 0 Å². The summed E-state index contributed by atoms with van der Waals surface area (Å²) in [4.78, 5) is 19.2. The number of carboxylic acids is 1. The van der Waals surface area contributed by atoms with E-state index in [1.807, 2.05) is 48.5 Å². The summed E-state index contributed by atoms with van der Waals surface area (Å²) in [5.74, 6) is -0.881. The predicted octanol–water partition coefficient (Wildman–Crippen LogP) is 3.07. The average molecular weight is 265 g/mol. The van der Waals surface area contributed by atoms with Gasteiger partial charge in [-0.2, -0.15) is 0 Å². The zero-order valence-electron chi connectivity index (χ0n) is 10.4. The highest BCUT2D eigenvalue weighted by Gasteiger charge is 2.12. The Labute approximate surface area is 114 Å². The zero-order chi connectivity index (χ0) is 13.9. The fourth-order valence-corrected chi connectivity index (χ4v) is 1.93. The maximum absolute atomic E-state index is 11.1. The van der Waals surface area contributed by atoms with Gasteiger partial charge in [-0.25, -0.2) is 14.8 Å². The lowest BCUT2D eigenvalue weighted by molar-refractivity contribution is 0.0684. The minimum Gasteiger partial charge on any atom is -0.475 e. The molecule has 0 radical (unpaired) electrons. The van der Waals surface area contributed by atoms with Gasteiger partial charge in [0.1, 0.15) is 5.82 Å². The van der Waals surface area contributed by atoms with Crippen LogP contribution in [0.15, 0.2) is 54.6 Å². The third kappa shape index (κ3) is 2.29. The molecule has 0 atom stereocenters. The van der Waals surface area contributed by atoms with E-state index in [0.29, 0.717) is 11.3 Å². The minimum atomic E-state index is -1.15. The minimum absolute atomic E-state index is 0.220. The van der Waals surface area contributed by atoms with Gasteiger partial charge in [0.05, 0.1) is 5.52 Å². The highest BCUT2D eigenvalue weighted by molar-refractivity contribution is 5.94. The van der Waals surface area contributed by atoms with Gasteiger partial charge < -0.3 is 10.4 Å². The van der Waals surface area contributed by atoms with Gasteiger partial charge in [0.15, 0.2) is 0 Å². The Bertz CT molecular complexity index is 772. The summed E-state index contributed by atoms with van der Waals surface area (Å²) in [6.45, 7) is 0. The molecule has 5 heteroatoms. The van der Waals surface area contributed by atoms with Crippen LogP contribution in [0, 0.1) is 0 Å². The largest absolute Gasteiger partial charge is 0.475 e. The predicted molar refractivity (Wildman–Crippen MR) is 76.2 cm³/mol. The van der Waals surface area contributed by atoms with Crippen LogP contribution >= 0.6 is 0 Å². The van der Waals surface area contributed by atoms with Crippen molar-refractivity contribution < 1.29 is 9.90 Å². The lowest BCUT2D eigenvalue weighted by Crippen LogP contribution is -2.07. The van der Waals surface area contributed by atoms with E-state index in [4.69, 9.17) is 5.11 Å². The number of carbonyl (C=O) groups is 1. The number of benzene rings is 2. The molecule has 0 saturated heterocycles. The second-order valence-electron chi connectivity index (χ2n) is 4.21. The van der Waals surface area contributed by atoms with E-state index in [2.05, 4.69) is 15.3 Å². The number of rotatable bonds is 3. The van der Waals surface area contributed by atoms with Crippen molar-refractivity contribution in [2.45, 2.75) is 0 Å². The number of para-hydroxylation sites is 2. The molecule has 0 unspecified atom stereocenters. The first-order valence-electron chi connectivity index (χ1n) is 6.06. The summed E-state index contributed by atoms with van der Waals surface area (Å²) in [7, 11) is 0. The second-order valence-corrected chi connectivity index (χ2v) is 4.21. The smallest absolute Gasteiger partial charge is 0.374 e. The molecule has 2 N–H and O–H groups in total. The zero-order valence-corrected chi connectivity index (χ0v) is 10.4. The molecule has 0 amide bonds. The molecule has 3 aromatic rings. The summed E-state index contributed by atoms with van der Waals surface area (Å²) < 4.78 is 0. The lowest BCUT2D eigenvalue weighted by atomic mass is 10.2. The molecule has 5 nitrogen and oxygen atoms in total. The van der Waals surface area contributed by atoms with Gasteiger partial charge in [-0.1, -0.05) is 30.3 Å². The lowest BCUT2D eigenvalue weighted by Gasteiger charge is -2.09. The summed E-state index contributed by atoms with van der Waals surface area (Å²) >= 11 is 0. The highest BCUT2D eigenvalue weighted by Crippen LogP contribution is 2.23. The van der Waals surface area contributed by atoms with Gasteiger partial charge in [0, 0.05) is 11.1 Å². The third-order valence-electron chi connectivity index (χ3n) is 2.83. The van der Waals surface area contributed by atoms with Crippen molar-refractivity contribution in [1.82, 2.24) is 9.97 Å². The fraction of sp³-hybridized carbons (Fsp3) is 0. The number of carboxylic acid groups (broad SMARTS) is 1. The van der Waals surface area contributed by atoms with E-state index in [9.17, 15) is 4.79 Å². The molecule has 0 saturated carbocycles. The molecule has 0 bridgehead atoms. The van der Waals surface area contributed by atoms with Crippen LogP contribution in [0.5, 0.6) is 0 Å². The first-order chi connectivity index (χ1) is 9.74. The van der Waals surface area contributed by atoms with Crippen LogP contribution in [0.3, 0.4) is 0 Å². The Morgan fingerprint density at radius 2 is 1.65 bits per heavy atom. The van der Waals surface area contributed by atoms with Crippen LogP contribution in [-0.4, -0.2) is 21.0 Å². The van der Waals surface area contributed by atoms with Crippen molar-refractivity contribution in [1.29, 1.82) is 0 Å². The van der Waals surface area contributed by atoms with Crippen molar-refractivity contribution in [3.8, 4) is 0 Å². The maximum Gasteiger partial charge on any atom is 0.374 e. The third-order valence-corrected chi connectivity index (χ3v) is 2.83. The molecule has 0 aliphatic carbocycles. The first-order valence-corrected chi connectivity index (χ1v) is 6.06. The number of aromatic carboxylic acids is 1. The van der Waals surface area contributed by atoms with Crippen LogP contribution in [0.25, 0.3) is 10.9 Å². The van der Waals surface area contributed by atoms with Crippen LogP contribution in [0.2, 0.25) is 0 Å². The number of hydrogen-bond donors (Lipinski definition) is 2. The van der Waals surface area contributed by atoms with E-state index in [-0.39, 0.29) is 5.82 Å². The van der Waals surface area contributed by atoms with E-state index >= 15 is 0 Å². The summed E-state index contributed by atoms with van der Waals surface area (Å²) in [5, 5.41) is 13.0. The van der Waals surface area contributed by atoms with Crippen molar-refractivity contribution in [2.24, 2.45) is 0 Å². The maximum atomic E-state index is 11.1. The average Bonchev–Trinajstić information content (AvgIpc) is 2.48. The van der Waals surface area contributed by atoms with Crippen molar-refractivity contribution in [3.63, 3.8) is 0 Å². The summed E-state index contributed by atoms with van der Waals surface area (Å²) in [5.41, 5.74) is 1.44. The Kier molecular flexibility index (Phi) is 3.01. The van der Waals surface area contributed by atoms with Gasteiger partial charge in [-0.05, 0) is 24.3 Å². The molecule has 2 aromatic carbocycles. The molecule has 0 fully saturated rings. The van der Waals surface area contributed by atoms with Gasteiger partial charge >= 0.3 is 5.97 Å². The number of fused-ring (bicyclic) bond motifs is 1. The van der Waals surface area contributed by atoms with Crippen molar-refractivity contribution in [3.05, 3.63) is 60.4 Å². The first kappa shape index (κ1) is 12.1. The normalized spacial score (nSPS) is 10.4. The highest BCUT2D eigenvalue weighted by atomic mass is 16.4. The monoisotopic (exact) mass is 265 g/mol. The standard InChI is InChI=1S/C15H11N3O2/c19-15(20)14-17-12-9-5-4-8-11(12)13(18-14)16-10-6-2-1-3-7-10/h1-9H,(H,19,20)(H,16,17,18). The summed E-state index contributed by atoms with van der Waals surface area (Å²) in [6, 6.07) is 16.8. The van der Waals surface area contributed by atoms with Crippen LogP contribution < -0.4 is 5.32 Å². The molecule has 20 heavy (non-hydrogen) atoms. The Hall–Kier alpha value is -2.95. The molecule has 0 aliphatic heterocycles. The van der Waals surface area contributed by atoms with E-state index in [0.717, 1.165) is 11.1 Å². The molecule has 0 aliphatic rings. The molecular weight excluding hydrogens is 254 g/mol. The Morgan fingerprint density at radius 3 is 2.40 bits per heavy atom. The molecule has 1 aromatic heterocycles. The number of aromatic nitrogens is 2. The number of anilines is 2. The van der Waals surface area contributed by atoms with Gasteiger partial charge in [-0.15, -0.1) is 0 Å². The van der Waals surface area contributed by atoms with Crippen LogP contribution in [0.1, 0.15) is 10.6 Å².